The molecule has 3 aromatic heterocycles. The first kappa shape index (κ1) is 20.3. The standard InChI is InChI=1S/C20H23N5O4S/c1-4-13(17(26)23-16-12(9-22-24(16)3)20(28)29-5-2)25-10-21-18-15(19(25)27)11-7-6-8-14(11)30-18/h9-10,13H,4-8H2,1-3H3,(H,23,26). The second-order valence-electron chi connectivity index (χ2n) is 7.16. The summed E-state index contributed by atoms with van der Waals surface area (Å²) in [4.78, 5) is 44.9. The molecule has 3 aromatic rings. The van der Waals surface area contributed by atoms with Crippen molar-refractivity contribution in [2.45, 2.75) is 45.6 Å². The Bertz CT molecular complexity index is 1190. The molecule has 1 N–H and O–H groups in total. The number of carbonyl (C=O) groups is 2. The van der Waals surface area contributed by atoms with Gasteiger partial charge in [0, 0.05) is 11.9 Å². The zero-order valence-corrected chi connectivity index (χ0v) is 17.9. The molecule has 0 saturated carbocycles. The van der Waals surface area contributed by atoms with Crippen LogP contribution >= 0.6 is 11.3 Å². The SMILES string of the molecule is CCOC(=O)c1cnn(C)c1NC(=O)C(CC)n1cnc2sc3c(c2c1=O)CCC3. The minimum atomic E-state index is -0.767. The number of hydrogen-bond donors (Lipinski definition) is 1. The summed E-state index contributed by atoms with van der Waals surface area (Å²) in [7, 11) is 1.62. The van der Waals surface area contributed by atoms with Crippen LogP contribution < -0.4 is 10.9 Å². The molecule has 1 aliphatic rings. The van der Waals surface area contributed by atoms with Gasteiger partial charge in [0.1, 0.15) is 22.3 Å². The molecule has 1 atom stereocenters. The van der Waals surface area contributed by atoms with Crippen molar-refractivity contribution in [1.82, 2.24) is 19.3 Å². The quantitative estimate of drug-likeness (QED) is 0.603. The van der Waals surface area contributed by atoms with Crippen molar-refractivity contribution < 1.29 is 14.3 Å². The lowest BCUT2D eigenvalue weighted by atomic mass is 10.1. The number of nitrogens with zero attached hydrogens (tertiary/aromatic N) is 4. The van der Waals surface area contributed by atoms with Crippen LogP contribution in [0.1, 0.15) is 53.5 Å². The fourth-order valence-electron chi connectivity index (χ4n) is 3.87. The Morgan fingerprint density at radius 2 is 2.13 bits per heavy atom. The van der Waals surface area contributed by atoms with E-state index >= 15 is 0 Å². The predicted molar refractivity (Wildman–Crippen MR) is 113 cm³/mol. The zero-order chi connectivity index (χ0) is 21.4. The van der Waals surface area contributed by atoms with Crippen molar-refractivity contribution in [3.8, 4) is 0 Å². The lowest BCUT2D eigenvalue weighted by Crippen LogP contribution is -2.34. The Morgan fingerprint density at radius 3 is 2.87 bits per heavy atom. The maximum atomic E-state index is 13.2. The van der Waals surface area contributed by atoms with E-state index in [1.54, 1.807) is 25.3 Å². The molecule has 3 heterocycles. The summed E-state index contributed by atoms with van der Waals surface area (Å²) in [6.07, 6.45) is 6.07. The molecular formula is C20H23N5O4S. The van der Waals surface area contributed by atoms with Crippen LogP contribution in [0, 0.1) is 0 Å². The van der Waals surface area contributed by atoms with Crippen molar-refractivity contribution in [3.63, 3.8) is 0 Å². The minimum absolute atomic E-state index is 0.166. The molecule has 0 bridgehead atoms. The van der Waals surface area contributed by atoms with Crippen LogP contribution in [-0.2, 0) is 29.4 Å². The third-order valence-electron chi connectivity index (χ3n) is 5.35. The van der Waals surface area contributed by atoms with Gasteiger partial charge in [-0.05, 0) is 38.2 Å². The van der Waals surface area contributed by atoms with Gasteiger partial charge in [0.15, 0.2) is 0 Å². The van der Waals surface area contributed by atoms with Crippen LogP contribution in [0.25, 0.3) is 10.2 Å². The number of hydrogen-bond acceptors (Lipinski definition) is 7. The Labute approximate surface area is 176 Å². The maximum Gasteiger partial charge on any atom is 0.343 e. The van der Waals surface area contributed by atoms with Crippen molar-refractivity contribution in [2.24, 2.45) is 7.05 Å². The molecule has 1 amide bonds. The normalized spacial score (nSPS) is 14.0. The number of ether oxygens (including phenoxy) is 1. The molecule has 158 valence electrons. The molecule has 0 radical (unpaired) electrons. The van der Waals surface area contributed by atoms with Gasteiger partial charge < -0.3 is 10.1 Å². The lowest BCUT2D eigenvalue weighted by molar-refractivity contribution is -0.119. The van der Waals surface area contributed by atoms with Crippen molar-refractivity contribution in [3.05, 3.63) is 38.9 Å². The number of esters is 1. The summed E-state index contributed by atoms with van der Waals surface area (Å²) in [5.74, 6) is -0.750. The van der Waals surface area contributed by atoms with E-state index in [9.17, 15) is 14.4 Å². The predicted octanol–water partition coefficient (Wildman–Crippen LogP) is 2.45. The van der Waals surface area contributed by atoms with E-state index < -0.39 is 17.9 Å². The molecule has 30 heavy (non-hydrogen) atoms. The van der Waals surface area contributed by atoms with E-state index in [4.69, 9.17) is 4.74 Å². The highest BCUT2D eigenvalue weighted by Gasteiger charge is 2.27. The van der Waals surface area contributed by atoms with Gasteiger partial charge in [0.2, 0.25) is 5.91 Å². The number of aryl methyl sites for hydroxylation is 3. The van der Waals surface area contributed by atoms with E-state index in [-0.39, 0.29) is 23.5 Å². The highest BCUT2D eigenvalue weighted by Crippen LogP contribution is 2.34. The summed E-state index contributed by atoms with van der Waals surface area (Å²) in [5.41, 5.74) is 1.05. The third-order valence-corrected chi connectivity index (χ3v) is 6.55. The Balaban J connectivity index is 1.68. The first-order valence-electron chi connectivity index (χ1n) is 9.97. The van der Waals surface area contributed by atoms with Gasteiger partial charge in [0.25, 0.3) is 5.56 Å². The van der Waals surface area contributed by atoms with Crippen LogP contribution in [0.5, 0.6) is 0 Å². The van der Waals surface area contributed by atoms with E-state index in [1.807, 2.05) is 6.92 Å². The number of aromatic nitrogens is 4. The van der Waals surface area contributed by atoms with Crippen LogP contribution in [0.2, 0.25) is 0 Å². The molecule has 4 rings (SSSR count). The van der Waals surface area contributed by atoms with Gasteiger partial charge in [-0.2, -0.15) is 5.10 Å². The number of fused-ring (bicyclic) bond motifs is 3. The van der Waals surface area contributed by atoms with E-state index in [0.717, 1.165) is 29.7 Å². The highest BCUT2D eigenvalue weighted by molar-refractivity contribution is 7.18. The van der Waals surface area contributed by atoms with Gasteiger partial charge in [-0.1, -0.05) is 6.92 Å². The number of amides is 1. The van der Waals surface area contributed by atoms with Crippen molar-refractivity contribution in [1.29, 1.82) is 0 Å². The lowest BCUT2D eigenvalue weighted by Gasteiger charge is -2.18. The first-order valence-corrected chi connectivity index (χ1v) is 10.8. The Hall–Kier alpha value is -3.01. The van der Waals surface area contributed by atoms with Crippen LogP contribution in [-0.4, -0.2) is 37.8 Å². The second kappa shape index (κ2) is 8.02. The number of carbonyl (C=O) groups excluding carboxylic acids is 2. The van der Waals surface area contributed by atoms with Gasteiger partial charge in [-0.3, -0.25) is 18.8 Å². The molecule has 10 heteroatoms. The van der Waals surface area contributed by atoms with Gasteiger partial charge in [-0.25, -0.2) is 9.78 Å². The van der Waals surface area contributed by atoms with Crippen molar-refractivity contribution in [2.75, 3.05) is 11.9 Å². The minimum Gasteiger partial charge on any atom is -0.462 e. The average Bonchev–Trinajstić information content (AvgIpc) is 3.39. The molecule has 1 aliphatic carbocycles. The van der Waals surface area contributed by atoms with E-state index in [2.05, 4.69) is 15.4 Å². The van der Waals surface area contributed by atoms with E-state index in [1.165, 1.54) is 26.7 Å². The monoisotopic (exact) mass is 429 g/mol. The fraction of sp³-hybridized carbons (Fsp3) is 0.450. The van der Waals surface area contributed by atoms with Crippen LogP contribution in [0.3, 0.4) is 0 Å². The summed E-state index contributed by atoms with van der Waals surface area (Å²) >= 11 is 1.56. The Kier molecular flexibility index (Phi) is 5.42. The van der Waals surface area contributed by atoms with Gasteiger partial charge in [0.05, 0.1) is 24.5 Å². The zero-order valence-electron chi connectivity index (χ0n) is 17.1. The molecule has 9 nitrogen and oxygen atoms in total. The fourth-order valence-corrected chi connectivity index (χ4v) is 5.09. The molecule has 1 unspecified atom stereocenters. The van der Waals surface area contributed by atoms with Gasteiger partial charge >= 0.3 is 5.97 Å². The van der Waals surface area contributed by atoms with Crippen LogP contribution in [0.15, 0.2) is 17.3 Å². The molecule has 0 fully saturated rings. The molecule has 0 aliphatic heterocycles. The number of rotatable bonds is 6. The first-order chi connectivity index (χ1) is 14.5. The summed E-state index contributed by atoms with van der Waals surface area (Å²) in [6, 6.07) is -0.767. The molecule has 0 saturated heterocycles. The van der Waals surface area contributed by atoms with Crippen LogP contribution in [0.4, 0.5) is 5.82 Å². The largest absolute Gasteiger partial charge is 0.462 e. The molecule has 0 spiro atoms. The Morgan fingerprint density at radius 1 is 1.33 bits per heavy atom. The summed E-state index contributed by atoms with van der Waals surface area (Å²) in [6.45, 7) is 3.75. The van der Waals surface area contributed by atoms with Gasteiger partial charge in [-0.15, -0.1) is 11.3 Å². The third kappa shape index (κ3) is 3.30. The number of nitrogens with one attached hydrogen (secondary N) is 1. The highest BCUT2D eigenvalue weighted by atomic mass is 32.1. The average molecular weight is 430 g/mol. The number of anilines is 1. The number of thiophene rings is 1. The van der Waals surface area contributed by atoms with Crippen molar-refractivity contribution >= 4 is 39.2 Å². The molecular weight excluding hydrogens is 406 g/mol. The summed E-state index contributed by atoms with van der Waals surface area (Å²) < 4.78 is 7.82. The molecule has 0 aromatic carbocycles. The smallest absolute Gasteiger partial charge is 0.343 e. The summed E-state index contributed by atoms with van der Waals surface area (Å²) in [5, 5.41) is 7.42. The second-order valence-corrected chi connectivity index (χ2v) is 8.24. The maximum absolute atomic E-state index is 13.2. The van der Waals surface area contributed by atoms with E-state index in [0.29, 0.717) is 11.8 Å². The topological polar surface area (TPSA) is 108 Å².